The number of benzene rings is 2. The van der Waals surface area contributed by atoms with E-state index < -0.39 is 11.6 Å². The van der Waals surface area contributed by atoms with Gasteiger partial charge in [0.1, 0.15) is 11.6 Å². The second kappa shape index (κ2) is 12.4. The van der Waals surface area contributed by atoms with Gasteiger partial charge in [0.15, 0.2) is 6.23 Å². The summed E-state index contributed by atoms with van der Waals surface area (Å²) in [5.74, 6) is -1.62. The van der Waals surface area contributed by atoms with Crippen molar-refractivity contribution in [3.8, 4) is 0 Å². The van der Waals surface area contributed by atoms with Crippen molar-refractivity contribution >= 4 is 28.4 Å². The fourth-order valence-electron chi connectivity index (χ4n) is 5.30. The fraction of sp³-hybridized carbons (Fsp3) is 0.250. The van der Waals surface area contributed by atoms with Crippen molar-refractivity contribution in [3.63, 3.8) is 0 Å². The molecule has 0 aliphatic carbocycles. The lowest BCUT2D eigenvalue weighted by Gasteiger charge is -2.23. The molecule has 5 aromatic rings. The van der Waals surface area contributed by atoms with Crippen LogP contribution in [0.15, 0.2) is 78.0 Å². The molecule has 220 valence electrons. The number of nitrogens with one attached hydrogen (secondary N) is 1. The molecule has 1 unspecified atom stereocenters. The number of rotatable bonds is 8. The average molecular weight is 604 g/mol. The quantitative estimate of drug-likeness (QED) is 0.242. The first-order chi connectivity index (χ1) is 20.9. The topological polar surface area (TPSA) is 91.0 Å². The van der Waals surface area contributed by atoms with Gasteiger partial charge in [0.2, 0.25) is 0 Å². The third kappa shape index (κ3) is 6.35. The first-order valence-electron chi connectivity index (χ1n) is 14.0. The zero-order valence-corrected chi connectivity index (χ0v) is 23.9. The molecule has 0 bridgehead atoms. The lowest BCUT2D eigenvalue weighted by atomic mass is 10.0. The highest BCUT2D eigenvalue weighted by Gasteiger charge is 2.22. The van der Waals surface area contributed by atoms with Crippen LogP contribution < -0.4 is 10.9 Å². The van der Waals surface area contributed by atoms with E-state index in [1.54, 1.807) is 24.3 Å². The van der Waals surface area contributed by atoms with Crippen LogP contribution in [0.3, 0.4) is 0 Å². The van der Waals surface area contributed by atoms with Crippen LogP contribution in [0.1, 0.15) is 58.2 Å². The lowest BCUT2D eigenvalue weighted by Crippen LogP contribution is -2.24. The number of hydrogen-bond acceptors (Lipinski definition) is 5. The van der Waals surface area contributed by atoms with Gasteiger partial charge in [-0.05, 0) is 72.9 Å². The van der Waals surface area contributed by atoms with Gasteiger partial charge in [0.25, 0.3) is 11.5 Å². The molecule has 1 N–H and O–H groups in total. The first-order valence-corrected chi connectivity index (χ1v) is 14.4. The van der Waals surface area contributed by atoms with Crippen LogP contribution in [0.4, 0.5) is 8.78 Å². The normalized spacial score (nSPS) is 15.1. The number of carbonyl (C=O) groups excluding carboxylic acids is 1. The average Bonchev–Trinajstić information content (AvgIpc) is 3.37. The molecule has 2 aromatic carbocycles. The number of fused-ring (bicyclic) bond motifs is 1. The number of halogens is 3. The number of carbonyl (C=O) groups is 1. The molecule has 0 spiro atoms. The second-order valence-electron chi connectivity index (χ2n) is 10.5. The molecule has 8 nitrogen and oxygen atoms in total. The molecule has 43 heavy (non-hydrogen) atoms. The molecule has 0 saturated carbocycles. The second-order valence-corrected chi connectivity index (χ2v) is 11.0. The third-order valence-corrected chi connectivity index (χ3v) is 7.73. The minimum absolute atomic E-state index is 0.0252. The molecule has 0 radical (unpaired) electrons. The number of aromatic nitrogens is 4. The zero-order chi connectivity index (χ0) is 29.9. The summed E-state index contributed by atoms with van der Waals surface area (Å²) in [6.45, 7) is 0.726. The SMILES string of the molecule is O=C(NCc1nn(C2CCCCO2)c2ccc(Cl)cc12)c1cncc(Cc2cc(F)c(Cn3ccccc3=O)cc2F)c1. The Kier molecular flexibility index (Phi) is 8.31. The number of nitrogens with zero attached hydrogens (tertiary/aromatic N) is 4. The van der Waals surface area contributed by atoms with Gasteiger partial charge in [0, 0.05) is 53.7 Å². The predicted molar refractivity (Wildman–Crippen MR) is 158 cm³/mol. The maximum atomic E-state index is 15.0. The van der Waals surface area contributed by atoms with Gasteiger partial charge >= 0.3 is 0 Å². The minimum Gasteiger partial charge on any atom is -0.356 e. The Morgan fingerprint density at radius 3 is 2.70 bits per heavy atom. The Labute approximate surface area is 250 Å². The highest BCUT2D eigenvalue weighted by atomic mass is 35.5. The molecule has 1 atom stereocenters. The number of ether oxygens (including phenoxy) is 1. The summed E-state index contributed by atoms with van der Waals surface area (Å²) >= 11 is 6.27. The fourth-order valence-corrected chi connectivity index (χ4v) is 5.47. The van der Waals surface area contributed by atoms with E-state index in [9.17, 15) is 18.4 Å². The highest BCUT2D eigenvalue weighted by Crippen LogP contribution is 2.30. The van der Waals surface area contributed by atoms with Crippen molar-refractivity contribution in [1.82, 2.24) is 24.6 Å². The van der Waals surface area contributed by atoms with Crippen LogP contribution in [0.5, 0.6) is 0 Å². The lowest BCUT2D eigenvalue weighted by molar-refractivity contribution is -0.0369. The summed E-state index contributed by atoms with van der Waals surface area (Å²) in [5, 5.41) is 9.03. The molecule has 1 aliphatic heterocycles. The Bertz CT molecular complexity index is 1870. The monoisotopic (exact) mass is 603 g/mol. The Morgan fingerprint density at radius 2 is 1.88 bits per heavy atom. The van der Waals surface area contributed by atoms with Gasteiger partial charge in [-0.3, -0.25) is 14.6 Å². The van der Waals surface area contributed by atoms with Crippen molar-refractivity contribution in [1.29, 1.82) is 0 Å². The van der Waals surface area contributed by atoms with E-state index in [1.807, 2.05) is 16.8 Å². The molecule has 4 heterocycles. The van der Waals surface area contributed by atoms with E-state index in [0.29, 0.717) is 22.9 Å². The molecule has 1 fully saturated rings. The Balaban J connectivity index is 1.16. The summed E-state index contributed by atoms with van der Waals surface area (Å²) in [6, 6.07) is 13.9. The standard InChI is InChI=1S/C32H28ClF2N5O3/c33-24-7-8-29-25(15-24)28(38-40(29)31-6-2-4-10-43-31)18-37-32(42)22-12-20(16-36-17-22)11-21-13-27(35)23(14-26(21)34)19-39-9-3-1-5-30(39)41/h1,3,5,7-9,12-17,31H,2,4,6,10-11,18-19H2,(H,37,42). The number of amides is 1. The van der Waals surface area contributed by atoms with E-state index >= 15 is 0 Å². The molecule has 3 aromatic heterocycles. The summed E-state index contributed by atoms with van der Waals surface area (Å²) in [6.07, 6.45) is 7.20. The van der Waals surface area contributed by atoms with Gasteiger partial charge < -0.3 is 14.6 Å². The van der Waals surface area contributed by atoms with Crippen molar-refractivity contribution in [2.75, 3.05) is 6.61 Å². The summed E-state index contributed by atoms with van der Waals surface area (Å²) in [4.78, 5) is 29.2. The predicted octanol–water partition coefficient (Wildman–Crippen LogP) is 5.79. The summed E-state index contributed by atoms with van der Waals surface area (Å²) < 4.78 is 39.0. The van der Waals surface area contributed by atoms with Crippen molar-refractivity contribution < 1.29 is 18.3 Å². The smallest absolute Gasteiger partial charge is 0.253 e. The Morgan fingerprint density at radius 1 is 1.05 bits per heavy atom. The number of pyridine rings is 2. The van der Waals surface area contributed by atoms with E-state index in [4.69, 9.17) is 21.4 Å². The van der Waals surface area contributed by atoms with Crippen LogP contribution in [0.25, 0.3) is 10.9 Å². The highest BCUT2D eigenvalue weighted by molar-refractivity contribution is 6.31. The summed E-state index contributed by atoms with van der Waals surface area (Å²) in [5.41, 5.74) is 2.20. The maximum Gasteiger partial charge on any atom is 0.253 e. The number of hydrogen-bond donors (Lipinski definition) is 1. The maximum absolute atomic E-state index is 15.0. The molecular formula is C32H28ClF2N5O3. The first kappa shape index (κ1) is 28.7. The van der Waals surface area contributed by atoms with Gasteiger partial charge in [-0.25, -0.2) is 13.5 Å². The van der Waals surface area contributed by atoms with E-state index in [-0.39, 0.29) is 53.9 Å². The van der Waals surface area contributed by atoms with Gasteiger partial charge in [-0.15, -0.1) is 0 Å². The van der Waals surface area contributed by atoms with E-state index in [1.165, 1.54) is 29.2 Å². The molecule has 1 aliphatic rings. The zero-order valence-electron chi connectivity index (χ0n) is 23.1. The van der Waals surface area contributed by atoms with Crippen LogP contribution in [0.2, 0.25) is 5.02 Å². The molecule has 1 saturated heterocycles. The van der Waals surface area contributed by atoms with Crippen LogP contribution in [0, 0.1) is 11.6 Å². The third-order valence-electron chi connectivity index (χ3n) is 7.50. The van der Waals surface area contributed by atoms with Gasteiger partial charge in [0.05, 0.1) is 29.9 Å². The van der Waals surface area contributed by atoms with Crippen LogP contribution >= 0.6 is 11.6 Å². The van der Waals surface area contributed by atoms with Crippen molar-refractivity contribution in [3.05, 3.63) is 128 Å². The van der Waals surface area contributed by atoms with Gasteiger partial charge in [-0.1, -0.05) is 17.7 Å². The Hall–Kier alpha value is -4.41. The van der Waals surface area contributed by atoms with Gasteiger partial charge in [-0.2, -0.15) is 5.10 Å². The summed E-state index contributed by atoms with van der Waals surface area (Å²) in [7, 11) is 0. The molecular weight excluding hydrogens is 576 g/mol. The molecule has 1 amide bonds. The molecule has 11 heteroatoms. The minimum atomic E-state index is -0.626. The van der Waals surface area contributed by atoms with Crippen LogP contribution in [-0.4, -0.2) is 31.8 Å². The van der Waals surface area contributed by atoms with Crippen molar-refractivity contribution in [2.24, 2.45) is 0 Å². The molecule has 6 rings (SSSR count). The largest absolute Gasteiger partial charge is 0.356 e. The van der Waals surface area contributed by atoms with Crippen LogP contribution in [-0.2, 0) is 24.2 Å². The van der Waals surface area contributed by atoms with E-state index in [2.05, 4.69) is 10.3 Å². The van der Waals surface area contributed by atoms with Crippen molar-refractivity contribution in [2.45, 2.75) is 45.0 Å². The van der Waals surface area contributed by atoms with E-state index in [0.717, 1.165) is 42.3 Å².